The molecule has 3 heterocycles. The highest BCUT2D eigenvalue weighted by Crippen LogP contribution is 2.24. The highest BCUT2D eigenvalue weighted by molar-refractivity contribution is 7.99. The average Bonchev–Trinajstić information content (AvgIpc) is 3.13. The van der Waals surface area contributed by atoms with Crippen LogP contribution in [0.3, 0.4) is 0 Å². The van der Waals surface area contributed by atoms with Crippen molar-refractivity contribution in [2.24, 2.45) is 0 Å². The van der Waals surface area contributed by atoms with E-state index in [4.69, 9.17) is 10.00 Å². The van der Waals surface area contributed by atoms with Crippen LogP contribution in [0, 0.1) is 11.3 Å². The lowest BCUT2D eigenvalue weighted by Gasteiger charge is -2.09. The maximum atomic E-state index is 8.74. The van der Waals surface area contributed by atoms with E-state index in [1.807, 2.05) is 6.07 Å². The van der Waals surface area contributed by atoms with Gasteiger partial charge in [0.25, 0.3) is 0 Å². The van der Waals surface area contributed by atoms with Crippen LogP contribution >= 0.6 is 11.8 Å². The summed E-state index contributed by atoms with van der Waals surface area (Å²) in [6, 6.07) is 5.55. The molecule has 1 fully saturated rings. The van der Waals surface area contributed by atoms with Crippen LogP contribution in [0.15, 0.2) is 28.5 Å². The topological polar surface area (TPSA) is 89.5 Å². The SMILES string of the molecule is N#Cc1ccc(Sc2nnnn2C[C@H]2CCCO2)nc1. The normalized spacial score (nSPS) is 18.1. The van der Waals surface area contributed by atoms with Crippen molar-refractivity contribution in [1.29, 1.82) is 5.26 Å². The highest BCUT2D eigenvalue weighted by atomic mass is 32.2. The van der Waals surface area contributed by atoms with Crippen LogP contribution in [0.25, 0.3) is 0 Å². The van der Waals surface area contributed by atoms with Gasteiger partial charge in [-0.1, -0.05) is 0 Å². The summed E-state index contributed by atoms with van der Waals surface area (Å²) in [7, 11) is 0. The summed E-state index contributed by atoms with van der Waals surface area (Å²) >= 11 is 1.37. The average molecular weight is 288 g/mol. The molecule has 0 saturated carbocycles. The van der Waals surface area contributed by atoms with Crippen LogP contribution in [0.2, 0.25) is 0 Å². The second kappa shape index (κ2) is 5.98. The lowest BCUT2D eigenvalue weighted by atomic mass is 10.2. The lowest BCUT2D eigenvalue weighted by Crippen LogP contribution is -2.16. The summed E-state index contributed by atoms with van der Waals surface area (Å²) < 4.78 is 7.32. The zero-order valence-electron chi connectivity index (χ0n) is 10.6. The number of hydrogen-bond donors (Lipinski definition) is 0. The molecule has 0 radical (unpaired) electrons. The van der Waals surface area contributed by atoms with Crippen molar-refractivity contribution in [3.63, 3.8) is 0 Å². The van der Waals surface area contributed by atoms with E-state index in [2.05, 4.69) is 20.5 Å². The first-order chi connectivity index (χ1) is 9.85. The second-order valence-corrected chi connectivity index (χ2v) is 5.37. The van der Waals surface area contributed by atoms with Crippen LogP contribution in [0.4, 0.5) is 0 Å². The van der Waals surface area contributed by atoms with E-state index in [9.17, 15) is 0 Å². The van der Waals surface area contributed by atoms with E-state index in [-0.39, 0.29) is 6.10 Å². The smallest absolute Gasteiger partial charge is 0.215 e. The first-order valence-corrected chi connectivity index (χ1v) is 7.08. The van der Waals surface area contributed by atoms with E-state index in [0.29, 0.717) is 17.3 Å². The van der Waals surface area contributed by atoms with Gasteiger partial charge in [0, 0.05) is 12.8 Å². The van der Waals surface area contributed by atoms with Gasteiger partial charge in [0.2, 0.25) is 5.16 Å². The van der Waals surface area contributed by atoms with Gasteiger partial charge in [0.15, 0.2) is 0 Å². The standard InChI is InChI=1S/C12H12N6OS/c13-6-9-3-4-11(14-7-9)20-12-15-16-17-18(12)8-10-2-1-5-19-10/h3-4,7,10H,1-2,5,8H2/t10-/m1/s1. The Bertz CT molecular complexity index is 614. The number of nitriles is 1. The van der Waals surface area contributed by atoms with Crippen LogP contribution < -0.4 is 0 Å². The Morgan fingerprint density at radius 3 is 3.15 bits per heavy atom. The number of rotatable bonds is 4. The Balaban J connectivity index is 1.70. The minimum absolute atomic E-state index is 0.187. The minimum Gasteiger partial charge on any atom is -0.376 e. The Morgan fingerprint density at radius 2 is 2.45 bits per heavy atom. The van der Waals surface area contributed by atoms with Crippen molar-refractivity contribution in [1.82, 2.24) is 25.2 Å². The molecule has 0 amide bonds. The Hall–Kier alpha value is -1.98. The minimum atomic E-state index is 0.187. The predicted molar refractivity (Wildman–Crippen MR) is 69.9 cm³/mol. The van der Waals surface area contributed by atoms with Crippen LogP contribution in [-0.2, 0) is 11.3 Å². The molecule has 1 atom stereocenters. The number of aromatic nitrogens is 5. The van der Waals surface area contributed by atoms with Crippen LogP contribution in [0.1, 0.15) is 18.4 Å². The lowest BCUT2D eigenvalue weighted by molar-refractivity contribution is 0.0912. The molecular formula is C12H12N6OS. The summed E-state index contributed by atoms with van der Waals surface area (Å²) in [6.45, 7) is 1.47. The van der Waals surface area contributed by atoms with E-state index in [0.717, 1.165) is 24.5 Å². The number of tetrazole rings is 1. The Morgan fingerprint density at radius 1 is 1.50 bits per heavy atom. The molecule has 1 aliphatic rings. The van der Waals surface area contributed by atoms with Gasteiger partial charge >= 0.3 is 0 Å². The van der Waals surface area contributed by atoms with E-state index < -0.39 is 0 Å². The fourth-order valence-corrected chi connectivity index (χ4v) is 2.69. The Kier molecular flexibility index (Phi) is 3.90. The molecule has 1 saturated heterocycles. The fraction of sp³-hybridized carbons (Fsp3) is 0.417. The zero-order valence-corrected chi connectivity index (χ0v) is 11.5. The van der Waals surface area contributed by atoms with Crippen LogP contribution in [0.5, 0.6) is 0 Å². The van der Waals surface area contributed by atoms with E-state index in [1.165, 1.54) is 18.0 Å². The molecule has 0 aromatic carbocycles. The molecule has 20 heavy (non-hydrogen) atoms. The molecule has 0 unspecified atom stereocenters. The first kappa shape index (κ1) is 13.0. The monoisotopic (exact) mass is 288 g/mol. The predicted octanol–water partition coefficient (Wildman–Crippen LogP) is 1.27. The van der Waals surface area contributed by atoms with Crippen LogP contribution in [-0.4, -0.2) is 37.9 Å². The van der Waals surface area contributed by atoms with Crippen molar-refractivity contribution in [3.05, 3.63) is 23.9 Å². The summed E-state index contributed by atoms with van der Waals surface area (Å²) in [4.78, 5) is 4.20. The third-order valence-corrected chi connectivity index (χ3v) is 3.89. The highest BCUT2D eigenvalue weighted by Gasteiger charge is 2.19. The quantitative estimate of drug-likeness (QED) is 0.836. The maximum absolute atomic E-state index is 8.74. The molecule has 1 aliphatic heterocycles. The molecule has 0 spiro atoms. The molecule has 3 rings (SSSR count). The summed E-state index contributed by atoms with van der Waals surface area (Å²) in [5.41, 5.74) is 0.535. The first-order valence-electron chi connectivity index (χ1n) is 6.27. The zero-order chi connectivity index (χ0) is 13.8. The van der Waals surface area contributed by atoms with Gasteiger partial charge in [-0.2, -0.15) is 5.26 Å². The molecule has 102 valence electrons. The van der Waals surface area contributed by atoms with Crippen molar-refractivity contribution >= 4 is 11.8 Å². The van der Waals surface area contributed by atoms with Gasteiger partial charge < -0.3 is 4.74 Å². The number of pyridine rings is 1. The molecule has 7 nitrogen and oxygen atoms in total. The van der Waals surface area contributed by atoms with Gasteiger partial charge in [-0.05, 0) is 47.2 Å². The molecule has 0 bridgehead atoms. The molecule has 0 aliphatic carbocycles. The third-order valence-electron chi connectivity index (χ3n) is 2.96. The van der Waals surface area contributed by atoms with Crippen molar-refractivity contribution < 1.29 is 4.74 Å². The fourth-order valence-electron chi connectivity index (χ4n) is 1.97. The van der Waals surface area contributed by atoms with Gasteiger partial charge in [-0.25, -0.2) is 9.67 Å². The second-order valence-electron chi connectivity index (χ2n) is 4.38. The van der Waals surface area contributed by atoms with Gasteiger partial charge in [-0.15, -0.1) is 5.10 Å². The van der Waals surface area contributed by atoms with E-state index in [1.54, 1.807) is 16.8 Å². The van der Waals surface area contributed by atoms with Gasteiger partial charge in [-0.3, -0.25) is 0 Å². The molecule has 2 aromatic heterocycles. The number of nitrogens with zero attached hydrogens (tertiary/aromatic N) is 6. The maximum Gasteiger partial charge on any atom is 0.215 e. The number of hydrogen-bond acceptors (Lipinski definition) is 7. The van der Waals surface area contributed by atoms with Crippen molar-refractivity contribution in [2.45, 2.75) is 35.7 Å². The molecule has 0 N–H and O–H groups in total. The van der Waals surface area contributed by atoms with Gasteiger partial charge in [0.05, 0.1) is 18.2 Å². The molecular weight excluding hydrogens is 276 g/mol. The summed E-state index contributed by atoms with van der Waals surface area (Å²) in [5.74, 6) is 0. The summed E-state index contributed by atoms with van der Waals surface area (Å²) in [5, 5.41) is 21.9. The van der Waals surface area contributed by atoms with E-state index >= 15 is 0 Å². The van der Waals surface area contributed by atoms with Gasteiger partial charge in [0.1, 0.15) is 11.1 Å². The molecule has 2 aromatic rings. The number of ether oxygens (including phenoxy) is 1. The van der Waals surface area contributed by atoms with Crippen molar-refractivity contribution in [2.75, 3.05) is 6.61 Å². The Labute approximate surface area is 120 Å². The summed E-state index contributed by atoms with van der Waals surface area (Å²) in [6.07, 6.45) is 3.86. The third kappa shape index (κ3) is 2.95. The van der Waals surface area contributed by atoms with Crippen molar-refractivity contribution in [3.8, 4) is 6.07 Å². The molecule has 8 heteroatoms. The largest absolute Gasteiger partial charge is 0.376 e.